The van der Waals surface area contributed by atoms with Crippen LogP contribution in [0.2, 0.25) is 0 Å². The Hall–Kier alpha value is -2.09. The average Bonchev–Trinajstić information content (AvgIpc) is 2.52. The molecule has 1 fully saturated rings. The smallest absolute Gasteiger partial charge is 0.410 e. The maximum absolute atomic E-state index is 12.0. The number of piperidine rings is 1. The lowest BCUT2D eigenvalue weighted by molar-refractivity contribution is -0.141. The number of carbonyl (C=O) groups is 2. The van der Waals surface area contributed by atoms with Crippen LogP contribution >= 0.6 is 0 Å². The molecule has 23 heavy (non-hydrogen) atoms. The Labute approximate surface area is 134 Å². The molecule has 0 aliphatic carbocycles. The van der Waals surface area contributed by atoms with Crippen LogP contribution in [0.4, 0.5) is 4.79 Å². The molecule has 0 radical (unpaired) electrons. The number of aliphatic carboxylic acids is 1. The molecule has 0 atom stereocenters. The summed E-state index contributed by atoms with van der Waals surface area (Å²) in [6.45, 7) is 0.187. The molecule has 0 saturated carbocycles. The fraction of sp³-hybridized carbons (Fsp3) is 0.467. The van der Waals surface area contributed by atoms with Gasteiger partial charge in [0, 0.05) is 19.3 Å². The van der Waals surface area contributed by atoms with Gasteiger partial charge in [-0.25, -0.2) is 13.2 Å². The number of hydrogen-bond donors (Lipinski definition) is 1. The molecule has 1 saturated heterocycles. The van der Waals surface area contributed by atoms with Crippen LogP contribution in [0.5, 0.6) is 0 Å². The Morgan fingerprint density at radius 1 is 1.22 bits per heavy atom. The van der Waals surface area contributed by atoms with E-state index < -0.39 is 26.6 Å². The summed E-state index contributed by atoms with van der Waals surface area (Å²) in [6.07, 6.45) is 0.0783. The normalized spacial score (nSPS) is 17.5. The van der Waals surface area contributed by atoms with Crippen molar-refractivity contribution < 1.29 is 27.9 Å². The van der Waals surface area contributed by atoms with Crippen molar-refractivity contribution in [3.8, 4) is 0 Å². The Bertz CT molecular complexity index is 677. The molecule has 0 unspecified atom stereocenters. The van der Waals surface area contributed by atoms with Crippen LogP contribution in [0, 0.1) is 0 Å². The van der Waals surface area contributed by atoms with Gasteiger partial charge in [-0.2, -0.15) is 0 Å². The molecule has 1 aliphatic heterocycles. The number of carbonyl (C=O) groups excluding carboxylic acids is 1. The third-order valence-electron chi connectivity index (χ3n) is 4.13. The first-order chi connectivity index (χ1) is 10.8. The van der Waals surface area contributed by atoms with Crippen molar-refractivity contribution in [3.63, 3.8) is 0 Å². The largest absolute Gasteiger partial charge is 0.480 e. The van der Waals surface area contributed by atoms with E-state index >= 15 is 0 Å². The van der Waals surface area contributed by atoms with E-state index in [2.05, 4.69) is 0 Å². The van der Waals surface area contributed by atoms with E-state index in [0.717, 1.165) is 11.8 Å². The molecule has 1 aromatic carbocycles. The molecule has 1 heterocycles. The Balaban J connectivity index is 1.96. The number of carboxylic acid groups (broad SMARTS) is 1. The van der Waals surface area contributed by atoms with Crippen LogP contribution in [0.15, 0.2) is 30.3 Å². The molecule has 126 valence electrons. The summed E-state index contributed by atoms with van der Waals surface area (Å²) >= 11 is 0. The molecule has 1 N–H and O–H groups in total. The SMILES string of the molecule is CS(=O)(=O)C1(C(=O)O)CCN(C(=O)OCc2ccccc2)CC1. The van der Waals surface area contributed by atoms with Gasteiger partial charge in [-0.3, -0.25) is 4.79 Å². The summed E-state index contributed by atoms with van der Waals surface area (Å²) in [5.74, 6) is -1.36. The molecule has 1 amide bonds. The fourth-order valence-corrected chi connectivity index (χ4v) is 3.85. The number of carboxylic acids is 1. The monoisotopic (exact) mass is 341 g/mol. The summed E-state index contributed by atoms with van der Waals surface area (Å²) in [7, 11) is -3.77. The number of sulfone groups is 1. The van der Waals surface area contributed by atoms with Crippen LogP contribution in [-0.4, -0.2) is 54.6 Å². The van der Waals surface area contributed by atoms with Crippen molar-refractivity contribution in [1.29, 1.82) is 0 Å². The predicted octanol–water partition coefficient (Wildman–Crippen LogP) is 1.29. The van der Waals surface area contributed by atoms with Gasteiger partial charge in [0.1, 0.15) is 6.61 Å². The predicted molar refractivity (Wildman–Crippen MR) is 82.6 cm³/mol. The molecule has 7 nitrogen and oxygen atoms in total. The maximum atomic E-state index is 12.0. The summed E-state index contributed by atoms with van der Waals surface area (Å²) < 4.78 is 27.0. The van der Waals surface area contributed by atoms with Gasteiger partial charge in [0.25, 0.3) is 0 Å². The van der Waals surface area contributed by atoms with E-state index in [1.807, 2.05) is 30.3 Å². The van der Waals surface area contributed by atoms with Crippen LogP contribution in [0.3, 0.4) is 0 Å². The minimum atomic E-state index is -3.77. The molecule has 2 rings (SSSR count). The third-order valence-corrected chi connectivity index (χ3v) is 6.14. The number of nitrogens with zero attached hydrogens (tertiary/aromatic N) is 1. The van der Waals surface area contributed by atoms with Gasteiger partial charge in [0.2, 0.25) is 0 Å². The van der Waals surface area contributed by atoms with Crippen LogP contribution in [0.1, 0.15) is 18.4 Å². The van der Waals surface area contributed by atoms with Gasteiger partial charge in [-0.1, -0.05) is 30.3 Å². The molecular weight excluding hydrogens is 322 g/mol. The maximum Gasteiger partial charge on any atom is 0.410 e. The van der Waals surface area contributed by atoms with E-state index in [4.69, 9.17) is 4.74 Å². The number of ether oxygens (including phenoxy) is 1. The summed E-state index contributed by atoms with van der Waals surface area (Å²) in [5, 5.41) is 9.29. The first-order valence-corrected chi connectivity index (χ1v) is 9.04. The molecule has 0 spiro atoms. The zero-order valence-corrected chi connectivity index (χ0v) is 13.6. The second-order valence-corrected chi connectivity index (χ2v) is 7.92. The van der Waals surface area contributed by atoms with Gasteiger partial charge in [0.15, 0.2) is 14.6 Å². The van der Waals surface area contributed by atoms with Crippen LogP contribution in [-0.2, 0) is 26.0 Å². The molecule has 1 aliphatic rings. The average molecular weight is 341 g/mol. The van der Waals surface area contributed by atoms with Crippen molar-refractivity contribution in [3.05, 3.63) is 35.9 Å². The Morgan fingerprint density at radius 3 is 2.26 bits per heavy atom. The summed E-state index contributed by atoms with van der Waals surface area (Å²) in [5.41, 5.74) is 0.842. The van der Waals surface area contributed by atoms with E-state index in [1.54, 1.807) is 0 Å². The highest BCUT2D eigenvalue weighted by Crippen LogP contribution is 2.31. The second kappa shape index (κ2) is 6.57. The van der Waals surface area contributed by atoms with Crippen molar-refractivity contribution in [2.75, 3.05) is 19.3 Å². The van der Waals surface area contributed by atoms with Gasteiger partial charge in [-0.15, -0.1) is 0 Å². The zero-order chi connectivity index (χ0) is 17.1. The fourth-order valence-electron chi connectivity index (χ4n) is 2.60. The van der Waals surface area contributed by atoms with Crippen molar-refractivity contribution in [2.24, 2.45) is 0 Å². The minimum Gasteiger partial charge on any atom is -0.480 e. The van der Waals surface area contributed by atoms with Gasteiger partial charge in [0.05, 0.1) is 0 Å². The van der Waals surface area contributed by atoms with E-state index in [-0.39, 0.29) is 32.5 Å². The molecule has 8 heteroatoms. The minimum absolute atomic E-state index is 0.0347. The zero-order valence-electron chi connectivity index (χ0n) is 12.8. The molecular formula is C15H19NO6S. The highest BCUT2D eigenvalue weighted by atomic mass is 32.2. The van der Waals surface area contributed by atoms with E-state index in [1.165, 1.54) is 4.90 Å². The Morgan fingerprint density at radius 2 is 1.78 bits per heavy atom. The van der Waals surface area contributed by atoms with Crippen molar-refractivity contribution >= 4 is 21.9 Å². The topological polar surface area (TPSA) is 101 Å². The van der Waals surface area contributed by atoms with Gasteiger partial charge >= 0.3 is 12.1 Å². The van der Waals surface area contributed by atoms with Gasteiger partial charge in [-0.05, 0) is 18.4 Å². The van der Waals surface area contributed by atoms with Crippen LogP contribution < -0.4 is 0 Å². The van der Waals surface area contributed by atoms with Crippen molar-refractivity contribution in [1.82, 2.24) is 4.90 Å². The van der Waals surface area contributed by atoms with Crippen molar-refractivity contribution in [2.45, 2.75) is 24.2 Å². The lowest BCUT2D eigenvalue weighted by Crippen LogP contribution is -2.55. The number of amides is 1. The van der Waals surface area contributed by atoms with Crippen LogP contribution in [0.25, 0.3) is 0 Å². The highest BCUT2D eigenvalue weighted by Gasteiger charge is 2.51. The standard InChI is InChI=1S/C15H19NO6S/c1-23(20,21)15(13(17)18)7-9-16(10-8-15)14(19)22-11-12-5-3-2-4-6-12/h2-6H,7-11H2,1H3,(H,17,18). The quantitative estimate of drug-likeness (QED) is 0.885. The number of benzene rings is 1. The third kappa shape index (κ3) is 3.64. The lowest BCUT2D eigenvalue weighted by atomic mass is 9.96. The number of rotatable bonds is 4. The number of likely N-dealkylation sites (tertiary alicyclic amines) is 1. The van der Waals surface area contributed by atoms with E-state index in [0.29, 0.717) is 0 Å². The highest BCUT2D eigenvalue weighted by molar-refractivity contribution is 7.92. The molecule has 0 aromatic heterocycles. The second-order valence-electron chi connectivity index (χ2n) is 5.60. The van der Waals surface area contributed by atoms with Gasteiger partial charge < -0.3 is 14.7 Å². The Kier molecular flexibility index (Phi) is 4.93. The first-order valence-electron chi connectivity index (χ1n) is 7.15. The molecule has 1 aromatic rings. The number of hydrogen-bond acceptors (Lipinski definition) is 5. The first kappa shape index (κ1) is 17.3. The van der Waals surface area contributed by atoms with E-state index in [9.17, 15) is 23.1 Å². The summed E-state index contributed by atoms with van der Waals surface area (Å²) in [4.78, 5) is 24.7. The lowest BCUT2D eigenvalue weighted by Gasteiger charge is -2.36. The summed E-state index contributed by atoms with van der Waals surface area (Å²) in [6, 6.07) is 9.16. The molecule has 0 bridgehead atoms.